The number of carbonyl (C=O) groups excluding carboxylic acids is 1. The standard InChI is InChI=1S/C93H157NO18/c1-3-5-7-9-11-13-15-17-19-21-23-25-27-29-31-33-35-37-38-39-41-43-45-47-49-51-53-55-57-59-61-63-65-67-69-71-81(99)94-76(77(98)70-68-66-64-62-60-58-56-54-52-50-48-46-44-42-40-36-34-32-30-28-26-24-22-20-18-16-14-12-10-8-6-4-2)75-107-91-87(105)84(102)89(79(73-96)109-91)112-93-88(106)85(103)90(80(74-97)110-93)111-92-86(104)83(101)82(100)78(72-95)108-92/h5,7,11,13,17,19,23,25,29,31,35,37,39,41,45,47,51-54,60,62,68,70,76-80,82-93,95-98,100-106H,3-4,6,8-10,12,14-16,18,20-22,24,26-28,30,32-34,36,38,40,42-44,46,48-50,55-59,61,63-67,69,71-75H2,1-2H3,(H,94,99)/b7-5-,13-11-,19-17-,25-23-,31-29-,37-35-,41-39-,47-45-,53-51-,54-52+,62-60+,70-68+. The minimum Gasteiger partial charge on any atom is -0.394 e. The maximum atomic E-state index is 13.5. The Labute approximate surface area is 676 Å². The van der Waals surface area contributed by atoms with Gasteiger partial charge in [-0.05, 0) is 116 Å². The number of allylic oxidation sites excluding steroid dienone is 23. The molecule has 112 heavy (non-hydrogen) atoms. The van der Waals surface area contributed by atoms with E-state index in [1.165, 1.54) is 141 Å². The first kappa shape index (κ1) is 102. The zero-order chi connectivity index (χ0) is 81.0. The summed E-state index contributed by atoms with van der Waals surface area (Å²) in [6.07, 6.45) is 77.0. The van der Waals surface area contributed by atoms with E-state index in [2.05, 4.69) is 153 Å². The van der Waals surface area contributed by atoms with Crippen molar-refractivity contribution < 1.29 is 89.4 Å². The molecule has 17 atom stereocenters. The largest absolute Gasteiger partial charge is 0.394 e. The van der Waals surface area contributed by atoms with Crippen LogP contribution in [0.4, 0.5) is 0 Å². The van der Waals surface area contributed by atoms with Crippen LogP contribution < -0.4 is 5.32 Å². The Balaban J connectivity index is 1.37. The minimum absolute atomic E-state index is 0.209. The van der Waals surface area contributed by atoms with Crippen LogP contribution in [0.3, 0.4) is 0 Å². The Hall–Kier alpha value is -4.33. The van der Waals surface area contributed by atoms with Gasteiger partial charge in [-0.1, -0.05) is 327 Å². The normalized spacial score (nSPS) is 25.7. The molecule has 12 N–H and O–H groups in total. The summed E-state index contributed by atoms with van der Waals surface area (Å²) < 4.78 is 34.5. The van der Waals surface area contributed by atoms with E-state index >= 15 is 0 Å². The lowest BCUT2D eigenvalue weighted by molar-refractivity contribution is -0.379. The van der Waals surface area contributed by atoms with Crippen LogP contribution in [0.2, 0.25) is 0 Å². The molecule has 0 aromatic heterocycles. The summed E-state index contributed by atoms with van der Waals surface area (Å²) in [6, 6.07) is -1.02. The van der Waals surface area contributed by atoms with Crippen LogP contribution in [0.25, 0.3) is 0 Å². The maximum Gasteiger partial charge on any atom is 0.220 e. The second-order valence-corrected chi connectivity index (χ2v) is 30.6. The number of aliphatic hydroxyl groups is 11. The first-order valence-electron chi connectivity index (χ1n) is 44.1. The van der Waals surface area contributed by atoms with Gasteiger partial charge in [-0.15, -0.1) is 0 Å². The number of unbranched alkanes of at least 4 members (excludes halogenated alkanes) is 31. The first-order valence-corrected chi connectivity index (χ1v) is 44.1. The molecule has 3 aliphatic heterocycles. The lowest BCUT2D eigenvalue weighted by Gasteiger charge is -2.48. The Bertz CT molecular complexity index is 2590. The molecule has 642 valence electrons. The summed E-state index contributed by atoms with van der Waals surface area (Å²) >= 11 is 0. The Morgan fingerprint density at radius 1 is 0.330 bits per heavy atom. The van der Waals surface area contributed by atoms with Crippen molar-refractivity contribution in [2.75, 3.05) is 26.4 Å². The van der Waals surface area contributed by atoms with Crippen LogP contribution in [-0.2, 0) is 33.2 Å². The molecule has 3 rings (SSSR count). The predicted octanol–water partition coefficient (Wildman–Crippen LogP) is 16.6. The molecule has 0 radical (unpaired) electrons. The van der Waals surface area contributed by atoms with Crippen molar-refractivity contribution >= 4 is 5.91 Å². The molecular formula is C93H157NO18. The lowest BCUT2D eigenvalue weighted by atomic mass is 9.96. The number of carbonyl (C=O) groups is 1. The number of ether oxygens (including phenoxy) is 6. The third-order valence-electron chi connectivity index (χ3n) is 20.8. The van der Waals surface area contributed by atoms with Crippen molar-refractivity contribution in [3.63, 3.8) is 0 Å². The fourth-order valence-electron chi connectivity index (χ4n) is 13.9. The molecule has 3 aliphatic rings. The van der Waals surface area contributed by atoms with Crippen molar-refractivity contribution in [1.82, 2.24) is 5.32 Å². The third-order valence-corrected chi connectivity index (χ3v) is 20.8. The van der Waals surface area contributed by atoms with E-state index in [9.17, 15) is 61.0 Å². The second kappa shape index (κ2) is 70.8. The molecule has 0 saturated carbocycles. The van der Waals surface area contributed by atoms with Gasteiger partial charge in [0.15, 0.2) is 18.9 Å². The van der Waals surface area contributed by atoms with Gasteiger partial charge in [0.05, 0.1) is 38.6 Å². The van der Waals surface area contributed by atoms with E-state index in [0.717, 1.165) is 128 Å². The molecule has 19 heteroatoms. The average Bonchev–Trinajstić information content (AvgIpc) is 0.782. The van der Waals surface area contributed by atoms with Crippen molar-refractivity contribution in [2.24, 2.45) is 0 Å². The molecule has 19 nitrogen and oxygen atoms in total. The summed E-state index contributed by atoms with van der Waals surface area (Å²) in [5, 5.41) is 121. The van der Waals surface area contributed by atoms with Crippen LogP contribution in [0.1, 0.15) is 303 Å². The van der Waals surface area contributed by atoms with Gasteiger partial charge in [-0.3, -0.25) is 4.79 Å². The number of rotatable bonds is 69. The molecule has 0 spiro atoms. The van der Waals surface area contributed by atoms with Gasteiger partial charge >= 0.3 is 0 Å². The fraction of sp³-hybridized carbons (Fsp3) is 0.731. The number of nitrogens with one attached hydrogen (secondary N) is 1. The van der Waals surface area contributed by atoms with Crippen LogP contribution in [0.15, 0.2) is 146 Å². The van der Waals surface area contributed by atoms with Crippen LogP contribution in [0.5, 0.6) is 0 Å². The summed E-state index contributed by atoms with van der Waals surface area (Å²) in [6.45, 7) is 1.60. The summed E-state index contributed by atoms with van der Waals surface area (Å²) in [7, 11) is 0. The predicted molar refractivity (Wildman–Crippen MR) is 452 cm³/mol. The molecule has 17 unspecified atom stereocenters. The van der Waals surface area contributed by atoms with Gasteiger partial charge in [-0.25, -0.2) is 0 Å². The number of amides is 1. The summed E-state index contributed by atoms with van der Waals surface area (Å²) in [5.41, 5.74) is 0. The highest BCUT2D eigenvalue weighted by atomic mass is 16.8. The SMILES string of the molecule is CC/C=C\C/C=C\C/C=C\C/C=C\C/C=C\C/C=C\C/C=C\C/C=C\C/C=C\CCCCCCCCCC(=O)NC(COC1OC(CO)C(OC2OC(CO)C(OC3OC(CO)C(O)C(O)C3O)C(O)C2O)C(O)C1O)C(O)/C=C/CC/C=C/CC/C=C/CCCCCCCCCCCCCCCCCCCCCCCC. The van der Waals surface area contributed by atoms with Crippen LogP contribution in [0, 0.1) is 0 Å². The first-order chi connectivity index (χ1) is 54.8. The molecule has 0 aliphatic carbocycles. The third kappa shape index (κ3) is 49.0. The van der Waals surface area contributed by atoms with E-state index in [4.69, 9.17) is 28.4 Å². The van der Waals surface area contributed by atoms with Crippen LogP contribution >= 0.6 is 0 Å². The van der Waals surface area contributed by atoms with Crippen molar-refractivity contribution in [3.05, 3.63) is 146 Å². The molecule has 3 heterocycles. The quantitative estimate of drug-likeness (QED) is 0.0199. The molecule has 0 aromatic carbocycles. The molecule has 1 amide bonds. The number of aliphatic hydroxyl groups excluding tert-OH is 11. The number of hydrogen-bond acceptors (Lipinski definition) is 18. The second-order valence-electron chi connectivity index (χ2n) is 30.6. The molecule has 3 saturated heterocycles. The van der Waals surface area contributed by atoms with Crippen molar-refractivity contribution in [3.8, 4) is 0 Å². The topological polar surface area (TPSA) is 307 Å². The zero-order valence-electron chi connectivity index (χ0n) is 69.1. The summed E-state index contributed by atoms with van der Waals surface area (Å²) in [4.78, 5) is 13.5. The Morgan fingerprint density at radius 2 is 0.625 bits per heavy atom. The van der Waals surface area contributed by atoms with Crippen molar-refractivity contribution in [1.29, 1.82) is 0 Å². The Kier molecular flexibility index (Phi) is 64.4. The van der Waals surface area contributed by atoms with E-state index in [0.29, 0.717) is 12.8 Å². The smallest absolute Gasteiger partial charge is 0.220 e. The van der Waals surface area contributed by atoms with Gasteiger partial charge in [0.1, 0.15) is 73.2 Å². The Morgan fingerprint density at radius 3 is 1.00 bits per heavy atom. The molecular weight excluding hydrogens is 1420 g/mol. The highest BCUT2D eigenvalue weighted by Gasteiger charge is 2.54. The highest BCUT2D eigenvalue weighted by molar-refractivity contribution is 5.76. The number of hydrogen-bond donors (Lipinski definition) is 12. The molecule has 0 bridgehead atoms. The van der Waals surface area contributed by atoms with Crippen LogP contribution in [-0.4, -0.2) is 193 Å². The minimum atomic E-state index is -1.99. The van der Waals surface area contributed by atoms with Gasteiger partial charge in [0.25, 0.3) is 0 Å². The molecule has 0 aromatic rings. The van der Waals surface area contributed by atoms with Gasteiger partial charge in [0, 0.05) is 6.42 Å². The molecule has 3 fully saturated rings. The maximum absolute atomic E-state index is 13.5. The zero-order valence-corrected chi connectivity index (χ0v) is 69.1. The van der Waals surface area contributed by atoms with E-state index in [-0.39, 0.29) is 18.9 Å². The lowest BCUT2D eigenvalue weighted by Crippen LogP contribution is -2.66. The average molecular weight is 1580 g/mol. The van der Waals surface area contributed by atoms with Gasteiger partial charge in [-0.2, -0.15) is 0 Å². The van der Waals surface area contributed by atoms with Gasteiger partial charge < -0.3 is 89.9 Å². The highest BCUT2D eigenvalue weighted by Crippen LogP contribution is 2.33. The fourth-order valence-corrected chi connectivity index (χ4v) is 13.9. The van der Waals surface area contributed by atoms with E-state index < -0.39 is 124 Å². The van der Waals surface area contributed by atoms with Gasteiger partial charge in [0.2, 0.25) is 5.91 Å². The monoisotopic (exact) mass is 1580 g/mol. The van der Waals surface area contributed by atoms with E-state index in [1.54, 1.807) is 6.08 Å². The summed E-state index contributed by atoms with van der Waals surface area (Å²) in [5.74, 6) is -0.305. The van der Waals surface area contributed by atoms with Crippen molar-refractivity contribution in [2.45, 2.75) is 407 Å². The van der Waals surface area contributed by atoms with E-state index in [1.807, 2.05) is 6.08 Å².